The minimum atomic E-state index is -2.74. The Morgan fingerprint density at radius 1 is 1.47 bits per heavy atom. The van der Waals surface area contributed by atoms with Gasteiger partial charge in [0.25, 0.3) is 6.43 Å². The van der Waals surface area contributed by atoms with E-state index >= 15 is 0 Å². The quantitative estimate of drug-likeness (QED) is 0.626. The summed E-state index contributed by atoms with van der Waals surface area (Å²) in [6, 6.07) is 2.35. The van der Waals surface area contributed by atoms with Gasteiger partial charge in [-0.05, 0) is 22.9 Å². The van der Waals surface area contributed by atoms with Crippen LogP contribution in [0.1, 0.15) is 39.6 Å². The molecule has 5 heteroatoms. The maximum atomic E-state index is 12.5. The highest BCUT2D eigenvalue weighted by molar-refractivity contribution is 9.10. The molecule has 1 aromatic carbocycles. The number of ketones is 1. The average molecular weight is 277 g/mol. The molecule has 0 fully saturated rings. The van der Waals surface area contributed by atoms with Crippen molar-refractivity contribution < 1.29 is 18.4 Å². The number of rotatable bonds is 3. The molecule has 0 N–H and O–H groups in total. The van der Waals surface area contributed by atoms with E-state index in [-0.39, 0.29) is 21.2 Å². The number of aldehydes is 1. The molecule has 0 unspecified atom stereocenters. The summed E-state index contributed by atoms with van der Waals surface area (Å²) >= 11 is 2.98. The zero-order valence-electron chi connectivity index (χ0n) is 7.76. The number of carbonyl (C=O) groups is 2. The molecule has 0 aliphatic heterocycles. The molecule has 0 amide bonds. The number of alkyl halides is 2. The van der Waals surface area contributed by atoms with Crippen molar-refractivity contribution in [2.75, 3.05) is 0 Å². The molecule has 1 rings (SSSR count). The Labute approximate surface area is 93.4 Å². The third kappa shape index (κ3) is 2.28. The lowest BCUT2D eigenvalue weighted by molar-refractivity contribution is 0.0998. The number of hydrogen-bond acceptors (Lipinski definition) is 2. The molecule has 0 spiro atoms. The first kappa shape index (κ1) is 12.0. The van der Waals surface area contributed by atoms with Crippen LogP contribution in [0.25, 0.3) is 0 Å². The summed E-state index contributed by atoms with van der Waals surface area (Å²) in [6.07, 6.45) is -2.23. The van der Waals surface area contributed by atoms with E-state index < -0.39 is 12.2 Å². The van der Waals surface area contributed by atoms with E-state index in [1.807, 2.05) is 0 Å². The van der Waals surface area contributed by atoms with Crippen LogP contribution >= 0.6 is 15.9 Å². The molecule has 0 saturated carbocycles. The van der Waals surface area contributed by atoms with Crippen molar-refractivity contribution in [2.45, 2.75) is 13.3 Å². The molecule has 2 nitrogen and oxygen atoms in total. The topological polar surface area (TPSA) is 34.1 Å². The maximum Gasteiger partial charge on any atom is 0.264 e. The van der Waals surface area contributed by atoms with Crippen LogP contribution in [0.4, 0.5) is 8.78 Å². The first-order chi connectivity index (χ1) is 6.99. The molecule has 0 atom stereocenters. The highest BCUT2D eigenvalue weighted by Gasteiger charge is 2.20. The van der Waals surface area contributed by atoms with Crippen LogP contribution in [0, 0.1) is 0 Å². The fraction of sp³-hybridized carbons (Fsp3) is 0.200. The third-order valence-electron chi connectivity index (χ3n) is 1.92. The van der Waals surface area contributed by atoms with E-state index in [0.29, 0.717) is 6.29 Å². The summed E-state index contributed by atoms with van der Waals surface area (Å²) < 4.78 is 25.2. The van der Waals surface area contributed by atoms with Crippen molar-refractivity contribution in [2.24, 2.45) is 0 Å². The Morgan fingerprint density at radius 3 is 2.47 bits per heavy atom. The Morgan fingerprint density at radius 2 is 2.07 bits per heavy atom. The van der Waals surface area contributed by atoms with Crippen molar-refractivity contribution in [3.8, 4) is 0 Å². The summed E-state index contributed by atoms with van der Waals surface area (Å²) in [4.78, 5) is 21.7. The number of benzene rings is 1. The molecule has 0 bridgehead atoms. The van der Waals surface area contributed by atoms with Gasteiger partial charge in [0.15, 0.2) is 12.1 Å². The van der Waals surface area contributed by atoms with E-state index in [4.69, 9.17) is 0 Å². The second kappa shape index (κ2) is 4.61. The van der Waals surface area contributed by atoms with Gasteiger partial charge < -0.3 is 0 Å². The molecule has 0 heterocycles. The highest BCUT2D eigenvalue weighted by atomic mass is 79.9. The van der Waals surface area contributed by atoms with Crippen LogP contribution in [0.5, 0.6) is 0 Å². The number of carbonyl (C=O) groups excluding carboxylic acids is 2. The molecule has 0 aromatic heterocycles. The normalized spacial score (nSPS) is 10.5. The predicted octanol–water partition coefficient (Wildman–Crippen LogP) is 3.40. The van der Waals surface area contributed by atoms with Gasteiger partial charge in [0, 0.05) is 21.2 Å². The average Bonchev–Trinajstić information content (AvgIpc) is 2.16. The maximum absolute atomic E-state index is 12.5. The van der Waals surface area contributed by atoms with Crippen molar-refractivity contribution in [3.63, 3.8) is 0 Å². The van der Waals surface area contributed by atoms with Crippen LogP contribution in [0.3, 0.4) is 0 Å². The van der Waals surface area contributed by atoms with E-state index in [0.717, 1.165) is 6.07 Å². The van der Waals surface area contributed by atoms with Gasteiger partial charge in [-0.15, -0.1) is 0 Å². The molecular weight excluding hydrogens is 270 g/mol. The van der Waals surface area contributed by atoms with Crippen molar-refractivity contribution in [3.05, 3.63) is 33.3 Å². The van der Waals surface area contributed by atoms with Gasteiger partial charge in [0.05, 0.1) is 0 Å². The minimum Gasteiger partial charge on any atom is -0.298 e. The molecule has 0 aliphatic rings. The number of hydrogen-bond donors (Lipinski definition) is 0. The van der Waals surface area contributed by atoms with E-state index in [1.165, 1.54) is 13.0 Å². The summed E-state index contributed by atoms with van der Waals surface area (Å²) in [6.45, 7) is 1.18. The Kier molecular flexibility index (Phi) is 3.68. The zero-order chi connectivity index (χ0) is 11.6. The molecular formula is C10H7BrF2O2. The first-order valence-electron chi connectivity index (χ1n) is 4.05. The van der Waals surface area contributed by atoms with Gasteiger partial charge in [0.1, 0.15) is 0 Å². The predicted molar refractivity (Wildman–Crippen MR) is 54.5 cm³/mol. The van der Waals surface area contributed by atoms with E-state index in [2.05, 4.69) is 15.9 Å². The van der Waals surface area contributed by atoms with Crippen LogP contribution in [-0.4, -0.2) is 12.1 Å². The Hall–Kier alpha value is -1.10. The van der Waals surface area contributed by atoms with Gasteiger partial charge in [-0.25, -0.2) is 8.78 Å². The van der Waals surface area contributed by atoms with E-state index in [9.17, 15) is 18.4 Å². The van der Waals surface area contributed by atoms with Gasteiger partial charge in [-0.1, -0.05) is 12.1 Å². The lowest BCUT2D eigenvalue weighted by Crippen LogP contribution is -2.03. The second-order valence-corrected chi connectivity index (χ2v) is 3.70. The van der Waals surface area contributed by atoms with Crippen LogP contribution in [-0.2, 0) is 0 Å². The molecule has 0 radical (unpaired) electrons. The fourth-order valence-corrected chi connectivity index (χ4v) is 1.97. The van der Waals surface area contributed by atoms with Gasteiger partial charge in [-0.3, -0.25) is 9.59 Å². The SMILES string of the molecule is CC(=O)c1c(C(F)F)ccc(C=O)c1Br. The molecule has 15 heavy (non-hydrogen) atoms. The summed E-state index contributed by atoms with van der Waals surface area (Å²) in [5.41, 5.74) is -0.306. The molecule has 0 saturated heterocycles. The van der Waals surface area contributed by atoms with Gasteiger partial charge >= 0.3 is 0 Å². The Bertz CT molecular complexity index is 416. The van der Waals surface area contributed by atoms with Crippen LogP contribution in [0.2, 0.25) is 0 Å². The molecule has 0 aliphatic carbocycles. The van der Waals surface area contributed by atoms with Gasteiger partial charge in [-0.2, -0.15) is 0 Å². The van der Waals surface area contributed by atoms with Crippen LogP contribution in [0.15, 0.2) is 16.6 Å². The third-order valence-corrected chi connectivity index (χ3v) is 2.77. The lowest BCUT2D eigenvalue weighted by atomic mass is 10.0. The van der Waals surface area contributed by atoms with E-state index in [1.54, 1.807) is 0 Å². The summed E-state index contributed by atoms with van der Waals surface area (Å²) in [5.74, 6) is -0.499. The largest absolute Gasteiger partial charge is 0.298 e. The lowest BCUT2D eigenvalue weighted by Gasteiger charge is -2.09. The fourth-order valence-electron chi connectivity index (χ4n) is 1.24. The first-order valence-corrected chi connectivity index (χ1v) is 4.85. The monoisotopic (exact) mass is 276 g/mol. The minimum absolute atomic E-state index is 0.128. The molecule has 80 valence electrons. The second-order valence-electron chi connectivity index (χ2n) is 2.91. The van der Waals surface area contributed by atoms with Crippen LogP contribution < -0.4 is 0 Å². The molecule has 1 aromatic rings. The summed E-state index contributed by atoms with van der Waals surface area (Å²) in [5, 5.41) is 0. The number of halogens is 3. The van der Waals surface area contributed by atoms with Gasteiger partial charge in [0.2, 0.25) is 0 Å². The number of Topliss-reactive ketones (excluding diaryl/α,β-unsaturated/α-hetero) is 1. The zero-order valence-corrected chi connectivity index (χ0v) is 9.35. The van der Waals surface area contributed by atoms with Crippen molar-refractivity contribution in [1.82, 2.24) is 0 Å². The summed E-state index contributed by atoms with van der Waals surface area (Å²) in [7, 11) is 0. The highest BCUT2D eigenvalue weighted by Crippen LogP contribution is 2.31. The van der Waals surface area contributed by atoms with Crippen molar-refractivity contribution in [1.29, 1.82) is 0 Å². The standard InChI is InChI=1S/C10H7BrF2O2/c1-5(15)8-7(10(12)13)3-2-6(4-14)9(8)11/h2-4,10H,1H3. The smallest absolute Gasteiger partial charge is 0.264 e. The van der Waals surface area contributed by atoms with Crippen molar-refractivity contribution >= 4 is 28.0 Å². The Balaban J connectivity index is 3.51.